The van der Waals surface area contributed by atoms with Crippen molar-refractivity contribution in [3.05, 3.63) is 205 Å². The van der Waals surface area contributed by atoms with Crippen molar-refractivity contribution in [2.75, 3.05) is 4.90 Å². The predicted octanol–water partition coefficient (Wildman–Crippen LogP) is 12.6. The molecule has 10 rings (SSSR count). The molecule has 8 aromatic rings. The second-order valence-corrected chi connectivity index (χ2v) is 14.4. The molecule has 0 radical (unpaired) electrons. The van der Waals surface area contributed by atoms with Gasteiger partial charge in [0.1, 0.15) is 0 Å². The van der Waals surface area contributed by atoms with E-state index in [1.54, 1.807) is 0 Å². The minimum atomic E-state index is 0.0407. The fourth-order valence-electron chi connectivity index (χ4n) is 7.99. The van der Waals surface area contributed by atoms with Crippen molar-refractivity contribution in [2.24, 2.45) is 0 Å². The van der Waals surface area contributed by atoms with E-state index in [0.717, 1.165) is 33.8 Å². The average Bonchev–Trinajstić information content (AvgIpc) is 3.49. The van der Waals surface area contributed by atoms with Crippen molar-refractivity contribution in [3.8, 4) is 45.0 Å². The van der Waals surface area contributed by atoms with E-state index in [1.165, 1.54) is 43.3 Å². The number of hydrogen-bond acceptors (Lipinski definition) is 4. The highest BCUT2D eigenvalue weighted by Gasteiger charge is 2.45. The van der Waals surface area contributed by atoms with Gasteiger partial charge in [-0.05, 0) is 52.6 Å². The van der Waals surface area contributed by atoms with Crippen LogP contribution in [0.4, 0.5) is 11.4 Å². The van der Waals surface area contributed by atoms with Gasteiger partial charge in [0.25, 0.3) is 0 Å². The zero-order chi connectivity index (χ0) is 34.4. The van der Waals surface area contributed by atoms with Crippen LogP contribution in [0.15, 0.2) is 198 Å². The first-order valence-corrected chi connectivity index (χ1v) is 18.6. The third kappa shape index (κ3) is 5.23. The number of nitrogens with zero attached hydrogens (tertiary/aromatic N) is 3. The van der Waals surface area contributed by atoms with Gasteiger partial charge in [-0.2, -0.15) is 0 Å². The molecule has 52 heavy (non-hydrogen) atoms. The Morgan fingerprint density at radius 3 is 1.62 bits per heavy atom. The van der Waals surface area contributed by atoms with Crippen LogP contribution in [0.1, 0.15) is 28.7 Å². The van der Waals surface area contributed by atoms with Gasteiger partial charge in [-0.3, -0.25) is 0 Å². The van der Waals surface area contributed by atoms with Crippen molar-refractivity contribution in [1.29, 1.82) is 0 Å². The topological polar surface area (TPSA) is 29.0 Å². The number of fused-ring (bicyclic) bond motifs is 7. The number of aromatic nitrogens is 2. The molecule has 246 valence electrons. The highest BCUT2D eigenvalue weighted by atomic mass is 32.2. The minimum Gasteiger partial charge on any atom is -0.332 e. The number of para-hydroxylation sites is 1. The zero-order valence-corrected chi connectivity index (χ0v) is 29.1. The Labute approximate surface area is 308 Å². The summed E-state index contributed by atoms with van der Waals surface area (Å²) in [7, 11) is 0. The Kier molecular flexibility index (Phi) is 7.54. The summed E-state index contributed by atoms with van der Waals surface area (Å²) in [5.74, 6) is 0.841. The first kappa shape index (κ1) is 30.6. The molecule has 2 atom stereocenters. The molecule has 0 bridgehead atoms. The van der Waals surface area contributed by atoms with Gasteiger partial charge < -0.3 is 4.90 Å². The van der Waals surface area contributed by atoms with Crippen LogP contribution in [-0.2, 0) is 0 Å². The Balaban J connectivity index is 1.21. The Morgan fingerprint density at radius 1 is 0.423 bits per heavy atom. The molecule has 3 nitrogen and oxygen atoms in total. The maximum atomic E-state index is 5.21. The number of hydrogen-bond donors (Lipinski definition) is 0. The van der Waals surface area contributed by atoms with Gasteiger partial charge in [-0.15, -0.1) is 0 Å². The number of anilines is 2. The molecule has 0 fully saturated rings. The molecule has 2 aliphatic rings. The maximum Gasteiger partial charge on any atom is 0.160 e. The monoisotopic (exact) mass is 683 g/mol. The van der Waals surface area contributed by atoms with E-state index in [2.05, 4.69) is 181 Å². The molecule has 7 aromatic carbocycles. The van der Waals surface area contributed by atoms with Crippen LogP contribution in [-0.4, -0.2) is 9.97 Å². The van der Waals surface area contributed by atoms with Crippen LogP contribution in [0.5, 0.6) is 0 Å². The number of benzene rings is 7. The number of rotatable bonds is 5. The third-order valence-corrected chi connectivity index (χ3v) is 11.5. The predicted molar refractivity (Wildman–Crippen MR) is 214 cm³/mol. The average molecular weight is 684 g/mol. The molecule has 4 heteroatoms. The summed E-state index contributed by atoms with van der Waals surface area (Å²) in [6.07, 6.45) is 0. The Morgan fingerprint density at radius 2 is 0.942 bits per heavy atom. The molecule has 0 spiro atoms. The minimum absolute atomic E-state index is 0.0407. The molecule has 0 aliphatic carbocycles. The highest BCUT2D eigenvalue weighted by Crippen LogP contribution is 2.62. The molecule has 3 heterocycles. The fraction of sp³-hybridized carbons (Fsp3) is 0.0417. The first-order chi connectivity index (χ1) is 25.8. The molecule has 0 N–H and O–H groups in total. The molecule has 2 aliphatic heterocycles. The van der Waals surface area contributed by atoms with E-state index in [9.17, 15) is 0 Å². The van der Waals surface area contributed by atoms with Crippen LogP contribution < -0.4 is 4.90 Å². The van der Waals surface area contributed by atoms with Gasteiger partial charge in [0.2, 0.25) is 0 Å². The largest absolute Gasteiger partial charge is 0.332 e. The molecular formula is C48H33N3S. The summed E-state index contributed by atoms with van der Waals surface area (Å²) >= 11 is 1.88. The van der Waals surface area contributed by atoms with Crippen molar-refractivity contribution >= 4 is 23.1 Å². The molecule has 0 saturated heterocycles. The van der Waals surface area contributed by atoms with Gasteiger partial charge in [0.15, 0.2) is 5.82 Å². The summed E-state index contributed by atoms with van der Waals surface area (Å²) in [6.45, 7) is 0. The third-order valence-electron chi connectivity index (χ3n) is 10.3. The normalized spacial score (nSPS) is 15.6. The lowest BCUT2D eigenvalue weighted by Gasteiger charge is -2.32. The highest BCUT2D eigenvalue weighted by molar-refractivity contribution is 7.99. The van der Waals surface area contributed by atoms with E-state index in [0.29, 0.717) is 5.82 Å². The lowest BCUT2D eigenvalue weighted by molar-refractivity contribution is 0.644. The molecule has 0 amide bonds. The van der Waals surface area contributed by atoms with Crippen molar-refractivity contribution in [2.45, 2.75) is 21.8 Å². The molecule has 1 aromatic heterocycles. The summed E-state index contributed by atoms with van der Waals surface area (Å²) in [6, 6.07) is 67.4. The van der Waals surface area contributed by atoms with E-state index >= 15 is 0 Å². The van der Waals surface area contributed by atoms with E-state index < -0.39 is 0 Å². The fourth-order valence-corrected chi connectivity index (χ4v) is 9.14. The van der Waals surface area contributed by atoms with Gasteiger partial charge in [-0.25, -0.2) is 9.97 Å². The second kappa shape index (κ2) is 12.8. The Bertz CT molecular complexity index is 2510. The van der Waals surface area contributed by atoms with Crippen LogP contribution in [0.25, 0.3) is 45.0 Å². The molecular weight excluding hydrogens is 651 g/mol. The summed E-state index contributed by atoms with van der Waals surface area (Å²) in [5.41, 5.74) is 13.8. The quantitative estimate of drug-likeness (QED) is 0.181. The summed E-state index contributed by atoms with van der Waals surface area (Å²) < 4.78 is 0. The SMILES string of the molecule is c1ccc(-c2cc(-c3ccccc3)nc(-c3cccc(N4c5c(-c6ccccc6)cccc5C5c6ccccc6Sc6ccccc6C54)c3)n2)cc1. The van der Waals surface area contributed by atoms with Crippen molar-refractivity contribution in [1.82, 2.24) is 9.97 Å². The lowest BCUT2D eigenvalue weighted by Crippen LogP contribution is -2.23. The van der Waals surface area contributed by atoms with Crippen LogP contribution in [0.3, 0.4) is 0 Å². The van der Waals surface area contributed by atoms with E-state index in [4.69, 9.17) is 9.97 Å². The molecule has 0 saturated carbocycles. The van der Waals surface area contributed by atoms with Crippen LogP contribution in [0.2, 0.25) is 0 Å². The van der Waals surface area contributed by atoms with Crippen LogP contribution in [0, 0.1) is 0 Å². The standard InChI is InChI=1S/C48H33N3S/c1-4-16-32(17-5-1)37-26-15-27-40-45-38-24-10-12-28-43(38)52-44-29-13-11-25-39(44)47(45)51(46(37)40)36-23-14-22-35(30-36)48-49-41(33-18-6-2-7-19-33)31-42(50-48)34-20-8-3-9-21-34/h1-31,45,47H. The van der Waals surface area contributed by atoms with E-state index in [1.807, 2.05) is 23.9 Å². The van der Waals surface area contributed by atoms with Crippen molar-refractivity contribution < 1.29 is 0 Å². The van der Waals surface area contributed by atoms with Crippen molar-refractivity contribution in [3.63, 3.8) is 0 Å². The van der Waals surface area contributed by atoms with Gasteiger partial charge in [-0.1, -0.05) is 169 Å². The Hall–Kier alpha value is -6.23. The van der Waals surface area contributed by atoms with Gasteiger partial charge >= 0.3 is 0 Å². The second-order valence-electron chi connectivity index (χ2n) is 13.3. The smallest absolute Gasteiger partial charge is 0.160 e. The van der Waals surface area contributed by atoms with Gasteiger partial charge in [0.05, 0.1) is 23.1 Å². The van der Waals surface area contributed by atoms with Gasteiger partial charge in [0, 0.05) is 43.7 Å². The lowest BCUT2D eigenvalue weighted by atomic mass is 9.84. The first-order valence-electron chi connectivity index (χ1n) is 17.7. The van der Waals surface area contributed by atoms with E-state index in [-0.39, 0.29) is 12.0 Å². The maximum absolute atomic E-state index is 5.21. The molecule has 2 unspecified atom stereocenters. The zero-order valence-electron chi connectivity index (χ0n) is 28.3. The summed E-state index contributed by atoms with van der Waals surface area (Å²) in [4.78, 5) is 15.6. The van der Waals surface area contributed by atoms with Crippen LogP contribution >= 0.6 is 11.8 Å². The summed E-state index contributed by atoms with van der Waals surface area (Å²) in [5, 5.41) is 0.